The van der Waals surface area contributed by atoms with Crippen LogP contribution in [0.4, 0.5) is 0 Å². The number of phenolic OH excluding ortho intramolecular Hbond substituents is 2. The Bertz CT molecular complexity index is 579. The average Bonchev–Trinajstić information content (AvgIpc) is 2.45. The van der Waals surface area contributed by atoms with Gasteiger partial charge in [0.25, 0.3) is 0 Å². The molecule has 1 aliphatic rings. The van der Waals surface area contributed by atoms with Crippen molar-refractivity contribution in [3.8, 4) is 11.5 Å². The Morgan fingerprint density at radius 3 is 2.65 bits per heavy atom. The number of ether oxygens (including phenoxy) is 1. The summed E-state index contributed by atoms with van der Waals surface area (Å²) < 4.78 is 5.38. The van der Waals surface area contributed by atoms with Crippen molar-refractivity contribution in [2.75, 3.05) is 0 Å². The van der Waals surface area contributed by atoms with Gasteiger partial charge in [-0.25, -0.2) is 4.79 Å². The lowest BCUT2D eigenvalue weighted by Gasteiger charge is -2.17. The van der Waals surface area contributed by atoms with E-state index in [9.17, 15) is 20.1 Å². The van der Waals surface area contributed by atoms with Gasteiger partial charge in [-0.3, -0.25) is 0 Å². The second-order valence-electron chi connectivity index (χ2n) is 6.06. The molecule has 0 saturated carbocycles. The maximum atomic E-state index is 12.3. The summed E-state index contributed by atoms with van der Waals surface area (Å²) in [6.07, 6.45) is 7.39. The van der Waals surface area contributed by atoms with E-state index in [4.69, 9.17) is 4.74 Å². The van der Waals surface area contributed by atoms with E-state index in [1.807, 2.05) is 6.08 Å². The maximum Gasteiger partial charge on any atom is 0.342 e. The average molecular weight is 320 g/mol. The van der Waals surface area contributed by atoms with Crippen LogP contribution in [-0.4, -0.2) is 33.5 Å². The van der Waals surface area contributed by atoms with E-state index in [1.165, 1.54) is 6.07 Å². The van der Waals surface area contributed by atoms with Crippen molar-refractivity contribution >= 4 is 12.0 Å². The molecule has 2 atom stereocenters. The number of hydrogen-bond donors (Lipinski definition) is 3. The molecular formula is C18H24O5. The number of esters is 1. The fourth-order valence-electron chi connectivity index (χ4n) is 2.75. The van der Waals surface area contributed by atoms with Crippen LogP contribution in [0.25, 0.3) is 6.08 Å². The van der Waals surface area contributed by atoms with E-state index >= 15 is 0 Å². The van der Waals surface area contributed by atoms with E-state index < -0.39 is 5.97 Å². The van der Waals surface area contributed by atoms with Crippen molar-refractivity contribution in [2.45, 2.75) is 57.7 Å². The van der Waals surface area contributed by atoms with Crippen LogP contribution in [0.2, 0.25) is 0 Å². The molecule has 0 amide bonds. The number of hydrogen-bond acceptors (Lipinski definition) is 5. The molecule has 1 aromatic carbocycles. The van der Waals surface area contributed by atoms with E-state index in [2.05, 4.69) is 0 Å². The molecule has 5 heteroatoms. The van der Waals surface area contributed by atoms with Crippen LogP contribution < -0.4 is 0 Å². The largest absolute Gasteiger partial charge is 0.508 e. The van der Waals surface area contributed by atoms with E-state index in [0.29, 0.717) is 18.4 Å². The van der Waals surface area contributed by atoms with Gasteiger partial charge in [0.05, 0.1) is 12.2 Å². The van der Waals surface area contributed by atoms with Crippen LogP contribution in [0.1, 0.15) is 61.4 Å². The first kappa shape index (κ1) is 17.3. The highest BCUT2D eigenvalue weighted by Gasteiger charge is 2.20. The van der Waals surface area contributed by atoms with Crippen molar-refractivity contribution in [1.29, 1.82) is 0 Å². The summed E-state index contributed by atoms with van der Waals surface area (Å²) in [6.45, 7) is 1.79. The number of aliphatic hydroxyl groups is 1. The molecule has 1 aromatic rings. The molecule has 0 spiro atoms. The van der Waals surface area contributed by atoms with Gasteiger partial charge in [0, 0.05) is 6.07 Å². The van der Waals surface area contributed by atoms with Crippen LogP contribution in [0.5, 0.6) is 11.5 Å². The Morgan fingerprint density at radius 2 is 1.87 bits per heavy atom. The minimum atomic E-state index is -0.604. The quantitative estimate of drug-likeness (QED) is 0.638. The zero-order valence-corrected chi connectivity index (χ0v) is 13.4. The molecule has 126 valence electrons. The van der Waals surface area contributed by atoms with Crippen LogP contribution >= 0.6 is 0 Å². The summed E-state index contributed by atoms with van der Waals surface area (Å²) in [7, 11) is 0. The molecule has 1 unspecified atom stereocenters. The summed E-state index contributed by atoms with van der Waals surface area (Å²) in [6, 6.07) is 2.57. The fourth-order valence-corrected chi connectivity index (χ4v) is 2.75. The summed E-state index contributed by atoms with van der Waals surface area (Å²) in [4.78, 5) is 12.3. The maximum absolute atomic E-state index is 12.3. The van der Waals surface area contributed by atoms with E-state index in [-0.39, 0.29) is 29.3 Å². The highest BCUT2D eigenvalue weighted by molar-refractivity contribution is 5.97. The monoisotopic (exact) mass is 320 g/mol. The molecule has 0 aromatic heterocycles. The number of phenols is 2. The van der Waals surface area contributed by atoms with Crippen molar-refractivity contribution in [1.82, 2.24) is 0 Å². The number of carbonyl (C=O) groups is 1. The minimum Gasteiger partial charge on any atom is -0.508 e. The normalized spacial score (nSPS) is 25.0. The molecule has 0 aliphatic carbocycles. The second kappa shape index (κ2) is 8.02. The Hall–Kier alpha value is -2.01. The fraction of sp³-hybridized carbons (Fsp3) is 0.500. The van der Waals surface area contributed by atoms with Gasteiger partial charge >= 0.3 is 5.97 Å². The third-order valence-corrected chi connectivity index (χ3v) is 4.00. The molecular weight excluding hydrogens is 296 g/mol. The number of allylic oxidation sites excluding steroid dienone is 1. The van der Waals surface area contributed by atoms with Gasteiger partial charge in [-0.1, -0.05) is 12.2 Å². The molecule has 0 radical (unpaired) electrons. The van der Waals surface area contributed by atoms with Crippen molar-refractivity contribution in [3.05, 3.63) is 29.3 Å². The van der Waals surface area contributed by atoms with E-state index in [0.717, 1.165) is 31.7 Å². The highest BCUT2D eigenvalue weighted by atomic mass is 16.5. The van der Waals surface area contributed by atoms with E-state index in [1.54, 1.807) is 13.0 Å². The smallest absolute Gasteiger partial charge is 0.342 e. The molecule has 1 aliphatic heterocycles. The van der Waals surface area contributed by atoms with Crippen LogP contribution in [0, 0.1) is 0 Å². The lowest BCUT2D eigenvalue weighted by atomic mass is 10.0. The zero-order chi connectivity index (χ0) is 16.8. The van der Waals surface area contributed by atoms with Gasteiger partial charge in [-0.2, -0.15) is 0 Å². The van der Waals surface area contributed by atoms with Crippen LogP contribution in [0.15, 0.2) is 18.2 Å². The third-order valence-electron chi connectivity index (χ3n) is 4.00. The first-order chi connectivity index (χ1) is 11.0. The Morgan fingerprint density at radius 1 is 1.13 bits per heavy atom. The van der Waals surface area contributed by atoms with Crippen LogP contribution in [0.3, 0.4) is 0 Å². The molecule has 3 N–H and O–H groups in total. The SMILES string of the molecule is C[C@@H]1CCCC(O)CCC/C=C/c2cc(O)cc(O)c2C(=O)O1. The van der Waals surface area contributed by atoms with Gasteiger partial charge in [0.2, 0.25) is 0 Å². The molecule has 23 heavy (non-hydrogen) atoms. The molecule has 0 saturated heterocycles. The first-order valence-electron chi connectivity index (χ1n) is 8.09. The van der Waals surface area contributed by atoms with Gasteiger partial charge in [0.15, 0.2) is 0 Å². The second-order valence-corrected chi connectivity index (χ2v) is 6.06. The number of rotatable bonds is 0. The summed E-state index contributed by atoms with van der Waals surface area (Å²) in [5.74, 6) is -1.00. The summed E-state index contributed by atoms with van der Waals surface area (Å²) in [5, 5.41) is 29.5. The van der Waals surface area contributed by atoms with Crippen molar-refractivity contribution < 1.29 is 24.9 Å². The molecule has 0 bridgehead atoms. The predicted octanol–water partition coefficient (Wildman–Crippen LogP) is 3.37. The number of fused-ring (bicyclic) bond motifs is 1. The highest BCUT2D eigenvalue weighted by Crippen LogP contribution is 2.30. The number of aliphatic hydroxyl groups excluding tert-OH is 1. The lowest BCUT2D eigenvalue weighted by Crippen LogP contribution is -2.17. The standard InChI is InChI=1S/C18H24O5/c1-12-6-5-9-14(19)8-4-2-3-7-13-10-15(20)11-16(21)17(13)18(22)23-12/h3,7,10-12,14,19-21H,2,4-6,8-9H2,1H3/b7-3+/t12-,14?/m1/s1. The molecule has 5 nitrogen and oxygen atoms in total. The minimum absolute atomic E-state index is 0.0722. The van der Waals surface area contributed by atoms with Crippen molar-refractivity contribution in [2.24, 2.45) is 0 Å². The van der Waals surface area contributed by atoms with Gasteiger partial charge < -0.3 is 20.1 Å². The lowest BCUT2D eigenvalue weighted by molar-refractivity contribution is 0.0307. The predicted molar refractivity (Wildman–Crippen MR) is 87.4 cm³/mol. The Labute approximate surface area is 136 Å². The molecule has 2 rings (SSSR count). The van der Waals surface area contributed by atoms with Gasteiger partial charge in [-0.05, 0) is 57.1 Å². The summed E-state index contributed by atoms with van der Waals surface area (Å²) in [5.41, 5.74) is 0.500. The Balaban J connectivity index is 2.30. The number of benzene rings is 1. The van der Waals surface area contributed by atoms with Crippen LogP contribution in [-0.2, 0) is 4.74 Å². The third kappa shape index (κ3) is 4.99. The molecule has 0 fully saturated rings. The Kier molecular flexibility index (Phi) is 6.04. The summed E-state index contributed by atoms with van der Waals surface area (Å²) >= 11 is 0. The zero-order valence-electron chi connectivity index (χ0n) is 13.4. The number of cyclic esters (lactones) is 1. The topological polar surface area (TPSA) is 87.0 Å². The van der Waals surface area contributed by atoms with Gasteiger partial charge in [-0.15, -0.1) is 0 Å². The van der Waals surface area contributed by atoms with Gasteiger partial charge in [0.1, 0.15) is 17.1 Å². The molecule has 1 heterocycles. The van der Waals surface area contributed by atoms with Crippen molar-refractivity contribution in [3.63, 3.8) is 0 Å². The number of carbonyl (C=O) groups excluding carboxylic acids is 1. The number of aromatic hydroxyl groups is 2. The first-order valence-corrected chi connectivity index (χ1v) is 8.09.